The molecule has 26 heavy (non-hydrogen) atoms. The molecule has 1 aromatic rings. The van der Waals surface area contributed by atoms with E-state index in [2.05, 4.69) is 10.3 Å². The van der Waals surface area contributed by atoms with Crippen LogP contribution in [0.4, 0.5) is 0 Å². The maximum atomic E-state index is 13.0. The number of nitrogens with one attached hydrogen (secondary N) is 1. The first kappa shape index (κ1) is 18.4. The molecule has 8 heteroatoms. The lowest BCUT2D eigenvalue weighted by Crippen LogP contribution is -2.50. The van der Waals surface area contributed by atoms with Crippen LogP contribution in [0.15, 0.2) is 0 Å². The molecule has 2 aliphatic rings. The minimum atomic E-state index is -0.233. The minimum absolute atomic E-state index is 0.0119. The highest BCUT2D eigenvalue weighted by Crippen LogP contribution is 2.23. The van der Waals surface area contributed by atoms with E-state index < -0.39 is 0 Å². The zero-order chi connectivity index (χ0) is 18.8. The lowest BCUT2D eigenvalue weighted by atomic mass is 10.1. The first-order chi connectivity index (χ1) is 12.4. The Kier molecular flexibility index (Phi) is 5.29. The first-order valence-corrected chi connectivity index (χ1v) is 9.33. The molecule has 8 nitrogen and oxygen atoms in total. The molecule has 2 aliphatic heterocycles. The first-order valence-electron chi connectivity index (χ1n) is 9.33. The monoisotopic (exact) mass is 361 g/mol. The molecule has 1 fully saturated rings. The van der Waals surface area contributed by atoms with E-state index in [-0.39, 0.29) is 23.8 Å². The lowest BCUT2D eigenvalue weighted by Gasteiger charge is -2.34. The average molecular weight is 361 g/mol. The summed E-state index contributed by atoms with van der Waals surface area (Å²) in [7, 11) is 0. The van der Waals surface area contributed by atoms with E-state index in [9.17, 15) is 14.4 Å². The van der Waals surface area contributed by atoms with Gasteiger partial charge in [-0.3, -0.25) is 14.4 Å². The summed E-state index contributed by atoms with van der Waals surface area (Å²) in [6.07, 6.45) is 2.74. The fourth-order valence-electron chi connectivity index (χ4n) is 3.59. The standard InChI is InChI=1S/C18H27N5O3/c1-12(2)19-17(25)16-20-15(14-6-4-5-7-23(14)16)18(26)22-10-8-21(9-11-22)13(3)24/h12H,4-11H2,1-3H3,(H,19,25). The van der Waals surface area contributed by atoms with Crippen LogP contribution in [0.5, 0.6) is 0 Å². The van der Waals surface area contributed by atoms with Crippen LogP contribution in [0.25, 0.3) is 0 Å². The van der Waals surface area contributed by atoms with Crippen LogP contribution in [0, 0.1) is 0 Å². The molecule has 0 atom stereocenters. The summed E-state index contributed by atoms with van der Waals surface area (Å²) < 4.78 is 1.90. The normalized spacial score (nSPS) is 17.2. The van der Waals surface area contributed by atoms with Crippen LogP contribution in [0.3, 0.4) is 0 Å². The molecule has 0 aromatic carbocycles. The van der Waals surface area contributed by atoms with Gasteiger partial charge in [0.25, 0.3) is 11.8 Å². The fourth-order valence-corrected chi connectivity index (χ4v) is 3.59. The Morgan fingerprint density at radius 1 is 1.00 bits per heavy atom. The van der Waals surface area contributed by atoms with Gasteiger partial charge in [0.05, 0.1) is 5.69 Å². The highest BCUT2D eigenvalue weighted by Gasteiger charge is 2.31. The van der Waals surface area contributed by atoms with E-state index in [4.69, 9.17) is 0 Å². The van der Waals surface area contributed by atoms with Gasteiger partial charge in [0, 0.05) is 45.7 Å². The zero-order valence-electron chi connectivity index (χ0n) is 15.7. The van der Waals surface area contributed by atoms with Crippen molar-refractivity contribution in [1.82, 2.24) is 24.7 Å². The summed E-state index contributed by atoms with van der Waals surface area (Å²) in [5.74, 6) is -0.00529. The van der Waals surface area contributed by atoms with Gasteiger partial charge in [0.2, 0.25) is 5.91 Å². The number of carbonyl (C=O) groups is 3. The Balaban J connectivity index is 1.83. The van der Waals surface area contributed by atoms with Gasteiger partial charge >= 0.3 is 0 Å². The summed E-state index contributed by atoms with van der Waals surface area (Å²) in [5.41, 5.74) is 1.26. The second-order valence-electron chi connectivity index (χ2n) is 7.27. The molecule has 0 bridgehead atoms. The maximum absolute atomic E-state index is 13.0. The molecule has 3 rings (SSSR count). The number of piperazine rings is 1. The number of hydrogen-bond acceptors (Lipinski definition) is 4. The molecule has 0 unspecified atom stereocenters. The second kappa shape index (κ2) is 7.47. The lowest BCUT2D eigenvalue weighted by molar-refractivity contribution is -0.130. The smallest absolute Gasteiger partial charge is 0.287 e. The zero-order valence-corrected chi connectivity index (χ0v) is 15.7. The largest absolute Gasteiger partial charge is 0.347 e. The topological polar surface area (TPSA) is 87.5 Å². The van der Waals surface area contributed by atoms with E-state index >= 15 is 0 Å². The summed E-state index contributed by atoms with van der Waals surface area (Å²) in [4.78, 5) is 44.9. The maximum Gasteiger partial charge on any atom is 0.287 e. The van der Waals surface area contributed by atoms with E-state index in [0.717, 1.165) is 25.0 Å². The number of rotatable bonds is 3. The second-order valence-corrected chi connectivity index (χ2v) is 7.27. The number of nitrogens with zero attached hydrogens (tertiary/aromatic N) is 4. The van der Waals surface area contributed by atoms with Crippen molar-refractivity contribution >= 4 is 17.7 Å². The summed E-state index contributed by atoms with van der Waals surface area (Å²) in [6, 6.07) is 0.0119. The van der Waals surface area contributed by atoms with Gasteiger partial charge in [-0.05, 0) is 33.1 Å². The Hall–Kier alpha value is -2.38. The number of aromatic nitrogens is 2. The molecular weight excluding hydrogens is 334 g/mol. The summed E-state index contributed by atoms with van der Waals surface area (Å²) in [6.45, 7) is 8.14. The molecule has 3 heterocycles. The van der Waals surface area contributed by atoms with E-state index in [1.54, 1.807) is 16.7 Å². The Labute approximate surface area is 153 Å². The molecule has 0 saturated carbocycles. The number of carbonyl (C=O) groups excluding carboxylic acids is 3. The van der Waals surface area contributed by atoms with Gasteiger partial charge in [-0.2, -0.15) is 0 Å². The van der Waals surface area contributed by atoms with Gasteiger partial charge in [-0.25, -0.2) is 4.98 Å². The molecule has 1 saturated heterocycles. The Morgan fingerprint density at radius 2 is 1.65 bits per heavy atom. The van der Waals surface area contributed by atoms with Crippen LogP contribution in [0.2, 0.25) is 0 Å². The Bertz CT molecular complexity index is 717. The van der Waals surface area contributed by atoms with Gasteiger partial charge in [0.15, 0.2) is 5.82 Å². The number of hydrogen-bond donors (Lipinski definition) is 1. The van der Waals surface area contributed by atoms with Crippen molar-refractivity contribution < 1.29 is 14.4 Å². The number of amides is 3. The molecule has 0 spiro atoms. The molecule has 0 aliphatic carbocycles. The quantitative estimate of drug-likeness (QED) is 0.857. The summed E-state index contributed by atoms with van der Waals surface area (Å²) >= 11 is 0. The molecule has 0 radical (unpaired) electrons. The number of fused-ring (bicyclic) bond motifs is 1. The van der Waals surface area contributed by atoms with Crippen LogP contribution in [0.1, 0.15) is 60.4 Å². The van der Waals surface area contributed by atoms with Crippen molar-refractivity contribution in [2.45, 2.75) is 52.6 Å². The third-order valence-corrected chi connectivity index (χ3v) is 4.96. The van der Waals surface area contributed by atoms with Crippen molar-refractivity contribution in [3.05, 3.63) is 17.2 Å². The molecule has 1 N–H and O–H groups in total. The van der Waals surface area contributed by atoms with Crippen molar-refractivity contribution in [2.75, 3.05) is 26.2 Å². The highest BCUT2D eigenvalue weighted by molar-refractivity contribution is 5.97. The predicted molar refractivity (Wildman–Crippen MR) is 95.9 cm³/mol. The van der Waals surface area contributed by atoms with Crippen molar-refractivity contribution in [3.63, 3.8) is 0 Å². The van der Waals surface area contributed by atoms with Crippen LogP contribution < -0.4 is 5.32 Å². The molecule has 3 amide bonds. The summed E-state index contributed by atoms with van der Waals surface area (Å²) in [5, 5.41) is 2.87. The minimum Gasteiger partial charge on any atom is -0.347 e. The molecule has 1 aromatic heterocycles. The molecular formula is C18H27N5O3. The van der Waals surface area contributed by atoms with Crippen LogP contribution in [-0.4, -0.2) is 69.3 Å². The van der Waals surface area contributed by atoms with Gasteiger partial charge in [-0.1, -0.05) is 0 Å². The van der Waals surface area contributed by atoms with E-state index in [1.165, 1.54) is 0 Å². The fraction of sp³-hybridized carbons (Fsp3) is 0.667. The molecule has 142 valence electrons. The van der Waals surface area contributed by atoms with Crippen molar-refractivity contribution in [3.8, 4) is 0 Å². The number of imidazole rings is 1. The third-order valence-electron chi connectivity index (χ3n) is 4.96. The Morgan fingerprint density at radius 3 is 2.27 bits per heavy atom. The van der Waals surface area contributed by atoms with Crippen LogP contribution in [-0.2, 0) is 17.8 Å². The van der Waals surface area contributed by atoms with Crippen LogP contribution >= 0.6 is 0 Å². The average Bonchev–Trinajstić information content (AvgIpc) is 3.00. The van der Waals surface area contributed by atoms with Gasteiger partial charge in [-0.15, -0.1) is 0 Å². The van der Waals surface area contributed by atoms with Gasteiger partial charge in [0.1, 0.15) is 5.69 Å². The predicted octanol–water partition coefficient (Wildman–Crippen LogP) is 0.662. The highest BCUT2D eigenvalue weighted by atomic mass is 16.2. The van der Waals surface area contributed by atoms with E-state index in [0.29, 0.717) is 44.2 Å². The van der Waals surface area contributed by atoms with Crippen molar-refractivity contribution in [2.24, 2.45) is 0 Å². The van der Waals surface area contributed by atoms with Gasteiger partial charge < -0.3 is 19.7 Å². The third kappa shape index (κ3) is 3.59. The van der Waals surface area contributed by atoms with E-state index in [1.807, 2.05) is 18.4 Å². The SMILES string of the molecule is CC(=O)N1CCN(C(=O)c2nc(C(=O)NC(C)C)n3c2CCCC3)CC1. The van der Waals surface area contributed by atoms with Crippen molar-refractivity contribution in [1.29, 1.82) is 0 Å².